The molecule has 6 rings (SSSR count). The largest absolute Gasteiger partial charge is 0.494 e. The maximum atomic E-state index is 14.6. The Morgan fingerprint density at radius 1 is 1.04 bits per heavy atom. The molecule has 0 radical (unpaired) electrons. The number of alkyl halides is 3. The molecule has 7 nitrogen and oxygen atoms in total. The summed E-state index contributed by atoms with van der Waals surface area (Å²) in [5.74, 6) is 0.300. The number of pyridine rings is 1. The summed E-state index contributed by atoms with van der Waals surface area (Å²) in [6.45, 7) is 4.68. The van der Waals surface area contributed by atoms with Gasteiger partial charge in [0.2, 0.25) is 0 Å². The molecule has 10 heteroatoms. The standard InChI is InChI=1S/C36H39F3N4O3/c1-2-46-28-11-12-31-29(22-28)32(34(45)42-35(15-16-35)25-8-4-3-5-9-25)30(23-43-18-13-27(14-19-43)40-17-20-44)33(41-31)24-7-6-10-26(21-24)36(37,38)39/h3-12,21-22,27,40,44H,2,13-20,23H2,1H3,(H,42,45). The number of carbonyl (C=O) groups excluding carboxylic acids is 1. The van der Waals surface area contributed by atoms with Gasteiger partial charge < -0.3 is 20.5 Å². The molecule has 242 valence electrons. The highest BCUT2D eigenvalue weighted by molar-refractivity contribution is 6.09. The number of aliphatic hydroxyl groups excluding tert-OH is 1. The number of hydrogen-bond donors (Lipinski definition) is 3. The van der Waals surface area contributed by atoms with Crippen LogP contribution in [0.1, 0.15) is 59.7 Å². The van der Waals surface area contributed by atoms with Crippen molar-refractivity contribution in [2.75, 3.05) is 32.8 Å². The number of piperidine rings is 1. The summed E-state index contributed by atoms with van der Waals surface area (Å²) < 4.78 is 47.5. The summed E-state index contributed by atoms with van der Waals surface area (Å²) >= 11 is 0. The molecule has 0 bridgehead atoms. The molecule has 4 aromatic rings. The number of nitrogens with zero attached hydrogens (tertiary/aromatic N) is 2. The van der Waals surface area contributed by atoms with Crippen LogP contribution in [0.5, 0.6) is 5.75 Å². The summed E-state index contributed by atoms with van der Waals surface area (Å²) in [5, 5.41) is 16.5. The highest BCUT2D eigenvalue weighted by Gasteiger charge is 2.46. The van der Waals surface area contributed by atoms with Gasteiger partial charge in [0, 0.05) is 35.6 Å². The van der Waals surface area contributed by atoms with E-state index in [1.165, 1.54) is 6.07 Å². The van der Waals surface area contributed by atoms with E-state index in [-0.39, 0.29) is 18.6 Å². The first-order valence-electron chi connectivity index (χ1n) is 15.9. The Balaban J connectivity index is 1.49. The van der Waals surface area contributed by atoms with Gasteiger partial charge in [0.1, 0.15) is 5.75 Å². The van der Waals surface area contributed by atoms with Gasteiger partial charge in [0.25, 0.3) is 5.91 Å². The predicted octanol–water partition coefficient (Wildman–Crippen LogP) is 6.28. The van der Waals surface area contributed by atoms with E-state index in [0.29, 0.717) is 58.7 Å². The number of rotatable bonds is 11. The van der Waals surface area contributed by atoms with Gasteiger partial charge in [-0.15, -0.1) is 0 Å². The van der Waals surface area contributed by atoms with Crippen molar-refractivity contribution in [3.05, 3.63) is 95.1 Å². The Hall–Kier alpha value is -3.99. The van der Waals surface area contributed by atoms with E-state index < -0.39 is 17.3 Å². The normalized spacial score (nSPS) is 16.8. The van der Waals surface area contributed by atoms with E-state index in [1.54, 1.807) is 18.2 Å². The number of ether oxygens (including phenoxy) is 1. The second-order valence-electron chi connectivity index (χ2n) is 12.1. The smallest absolute Gasteiger partial charge is 0.416 e. The zero-order chi connectivity index (χ0) is 32.3. The number of fused-ring (bicyclic) bond motifs is 1. The van der Waals surface area contributed by atoms with Crippen molar-refractivity contribution in [3.8, 4) is 17.0 Å². The molecule has 2 aliphatic rings. The van der Waals surface area contributed by atoms with Crippen molar-refractivity contribution in [2.24, 2.45) is 0 Å². The monoisotopic (exact) mass is 632 g/mol. The van der Waals surface area contributed by atoms with Crippen molar-refractivity contribution < 1.29 is 27.8 Å². The van der Waals surface area contributed by atoms with Crippen molar-refractivity contribution in [1.29, 1.82) is 0 Å². The van der Waals surface area contributed by atoms with Gasteiger partial charge in [-0.25, -0.2) is 4.98 Å². The van der Waals surface area contributed by atoms with Crippen LogP contribution >= 0.6 is 0 Å². The number of amides is 1. The summed E-state index contributed by atoms with van der Waals surface area (Å²) in [7, 11) is 0. The molecule has 3 aromatic carbocycles. The Labute approximate surface area is 266 Å². The lowest BCUT2D eigenvalue weighted by atomic mass is 9.93. The van der Waals surface area contributed by atoms with Crippen LogP contribution in [0.15, 0.2) is 72.8 Å². The van der Waals surface area contributed by atoms with Crippen LogP contribution in [0, 0.1) is 0 Å². The molecule has 1 saturated carbocycles. The minimum Gasteiger partial charge on any atom is -0.494 e. The molecular formula is C36H39F3N4O3. The van der Waals surface area contributed by atoms with Crippen LogP contribution in [0.3, 0.4) is 0 Å². The molecule has 1 aliphatic carbocycles. The number of benzene rings is 3. The average molecular weight is 633 g/mol. The highest BCUT2D eigenvalue weighted by atomic mass is 19.4. The summed E-state index contributed by atoms with van der Waals surface area (Å²) in [6, 6.07) is 20.7. The number of halogens is 3. The maximum absolute atomic E-state index is 14.6. The second kappa shape index (κ2) is 13.4. The molecule has 2 fully saturated rings. The SMILES string of the molecule is CCOc1ccc2nc(-c3cccc(C(F)(F)F)c3)c(CN3CCC(NCCO)CC3)c(C(=O)NC3(c4ccccc4)CC3)c2c1. The summed E-state index contributed by atoms with van der Waals surface area (Å²) in [5.41, 5.74) is 1.90. The third-order valence-electron chi connectivity index (χ3n) is 9.00. The third-order valence-corrected chi connectivity index (χ3v) is 9.00. The van der Waals surface area contributed by atoms with Crippen LogP contribution in [0.2, 0.25) is 0 Å². The van der Waals surface area contributed by atoms with E-state index in [0.717, 1.165) is 56.5 Å². The summed E-state index contributed by atoms with van der Waals surface area (Å²) in [4.78, 5) is 21.7. The maximum Gasteiger partial charge on any atom is 0.416 e. The fraction of sp³-hybridized carbons (Fsp3) is 0.389. The van der Waals surface area contributed by atoms with Gasteiger partial charge in [-0.1, -0.05) is 42.5 Å². The van der Waals surface area contributed by atoms with E-state index in [1.807, 2.05) is 43.3 Å². The van der Waals surface area contributed by atoms with Crippen LogP contribution in [0.25, 0.3) is 22.2 Å². The lowest BCUT2D eigenvalue weighted by Crippen LogP contribution is -2.43. The number of aliphatic hydroxyl groups is 1. The molecular weight excluding hydrogens is 593 g/mol. The van der Waals surface area contributed by atoms with Crippen molar-refractivity contribution in [2.45, 2.75) is 56.9 Å². The molecule has 1 aliphatic heterocycles. The zero-order valence-corrected chi connectivity index (χ0v) is 25.9. The quantitative estimate of drug-likeness (QED) is 0.180. The van der Waals surface area contributed by atoms with Gasteiger partial charge in [-0.3, -0.25) is 9.69 Å². The molecule has 0 atom stereocenters. The zero-order valence-electron chi connectivity index (χ0n) is 25.9. The lowest BCUT2D eigenvalue weighted by Gasteiger charge is -2.33. The average Bonchev–Trinajstić information content (AvgIpc) is 3.84. The predicted molar refractivity (Wildman–Crippen MR) is 172 cm³/mol. The second-order valence-corrected chi connectivity index (χ2v) is 12.1. The Kier molecular flexibility index (Phi) is 9.31. The fourth-order valence-electron chi connectivity index (χ4n) is 6.47. The van der Waals surface area contributed by atoms with Crippen molar-refractivity contribution in [3.63, 3.8) is 0 Å². The molecule has 0 spiro atoms. The van der Waals surface area contributed by atoms with E-state index >= 15 is 0 Å². The minimum atomic E-state index is -4.53. The van der Waals surface area contributed by atoms with Crippen LogP contribution in [-0.2, 0) is 18.3 Å². The molecule has 46 heavy (non-hydrogen) atoms. The Bertz CT molecular complexity index is 1680. The number of nitrogens with one attached hydrogen (secondary N) is 2. The van der Waals surface area contributed by atoms with Gasteiger partial charge in [-0.05, 0) is 81.6 Å². The highest BCUT2D eigenvalue weighted by Crippen LogP contribution is 2.46. The molecule has 3 N–H and O–H groups in total. The van der Waals surface area contributed by atoms with E-state index in [4.69, 9.17) is 9.72 Å². The number of likely N-dealkylation sites (tertiary alicyclic amines) is 1. The first-order valence-corrected chi connectivity index (χ1v) is 15.9. The third kappa shape index (κ3) is 6.89. The minimum absolute atomic E-state index is 0.0655. The lowest BCUT2D eigenvalue weighted by molar-refractivity contribution is -0.137. The van der Waals surface area contributed by atoms with E-state index in [9.17, 15) is 23.1 Å². The number of aromatic nitrogens is 1. The van der Waals surface area contributed by atoms with Crippen molar-refractivity contribution >= 4 is 16.8 Å². The van der Waals surface area contributed by atoms with Gasteiger partial charge >= 0.3 is 6.18 Å². The van der Waals surface area contributed by atoms with E-state index in [2.05, 4.69) is 15.5 Å². The van der Waals surface area contributed by atoms with Crippen LogP contribution in [0.4, 0.5) is 13.2 Å². The molecule has 0 unspecified atom stereocenters. The Morgan fingerprint density at radius 3 is 2.48 bits per heavy atom. The topological polar surface area (TPSA) is 86.7 Å². The van der Waals surface area contributed by atoms with Gasteiger partial charge in [-0.2, -0.15) is 13.2 Å². The number of carbonyl (C=O) groups is 1. The molecule has 1 aromatic heterocycles. The Morgan fingerprint density at radius 2 is 1.80 bits per heavy atom. The molecule has 1 amide bonds. The first-order chi connectivity index (χ1) is 22.2. The van der Waals surface area contributed by atoms with Crippen LogP contribution in [-0.4, -0.2) is 59.8 Å². The molecule has 2 heterocycles. The van der Waals surface area contributed by atoms with Crippen LogP contribution < -0.4 is 15.4 Å². The number of hydrogen-bond acceptors (Lipinski definition) is 6. The molecule has 1 saturated heterocycles. The van der Waals surface area contributed by atoms with Gasteiger partial charge in [0.15, 0.2) is 0 Å². The first kappa shape index (κ1) is 32.0. The van der Waals surface area contributed by atoms with Gasteiger partial charge in [0.05, 0.1) is 41.1 Å². The van der Waals surface area contributed by atoms with Crippen molar-refractivity contribution in [1.82, 2.24) is 20.5 Å². The fourth-order valence-corrected chi connectivity index (χ4v) is 6.47. The summed E-state index contributed by atoms with van der Waals surface area (Å²) in [6.07, 6.45) is -1.27.